The largest absolute Gasteiger partial charge is 4.00 e. The normalized spacial score (nSPS) is 13.0. The number of fused-ring (bicyclic) bond motifs is 1. The van der Waals surface area contributed by atoms with Crippen LogP contribution < -0.4 is 0 Å². The fourth-order valence-electron chi connectivity index (χ4n) is 2.31. The van der Waals surface area contributed by atoms with Crippen LogP contribution in [0.25, 0.3) is 0 Å². The molecule has 1 aromatic carbocycles. The summed E-state index contributed by atoms with van der Waals surface area (Å²) in [6, 6.07) is 6.06. The van der Waals surface area contributed by atoms with E-state index in [2.05, 4.69) is 32.9 Å². The molecule has 0 heterocycles. The summed E-state index contributed by atoms with van der Waals surface area (Å²) in [6.45, 7) is 7.04. The molecule has 19 heavy (non-hydrogen) atoms. The molecule has 1 aliphatic carbocycles. The summed E-state index contributed by atoms with van der Waals surface area (Å²) in [4.78, 5) is 0. The van der Waals surface area contributed by atoms with Crippen LogP contribution in [0, 0.1) is 22.3 Å². The van der Waals surface area contributed by atoms with Gasteiger partial charge in [0.1, 0.15) is 0 Å². The Morgan fingerprint density at radius 1 is 1.11 bits per heavy atom. The molecule has 0 amide bonds. The molecule has 0 nitrogen and oxygen atoms in total. The molecule has 2 heteroatoms. The van der Waals surface area contributed by atoms with Crippen LogP contribution in [0.5, 0.6) is 0 Å². The monoisotopic (exact) mass is 310 g/mol. The SMILES string of the molecule is CC(C)(C)[Si]C[c-]1ccc2c1CCCC2.[CH3-].[CH3-].[CH3-].[Ti+4]. The predicted molar refractivity (Wildman–Crippen MR) is 87.1 cm³/mol. The second-order valence-electron chi connectivity index (χ2n) is 5.67. The van der Waals surface area contributed by atoms with E-state index in [1.165, 1.54) is 31.7 Å². The van der Waals surface area contributed by atoms with E-state index in [1.807, 2.05) is 0 Å². The molecule has 2 rings (SSSR count). The van der Waals surface area contributed by atoms with Crippen LogP contribution in [0.15, 0.2) is 12.1 Å². The molecule has 0 saturated heterocycles. The van der Waals surface area contributed by atoms with Crippen molar-refractivity contribution in [3.05, 3.63) is 51.1 Å². The minimum Gasteiger partial charge on any atom is -0.358 e. The van der Waals surface area contributed by atoms with Gasteiger partial charge in [-0.05, 0) is 5.04 Å². The van der Waals surface area contributed by atoms with Gasteiger partial charge in [0, 0.05) is 9.52 Å². The van der Waals surface area contributed by atoms with Crippen molar-refractivity contribution in [2.45, 2.75) is 57.5 Å². The molecule has 0 aromatic heterocycles. The first-order chi connectivity index (χ1) is 7.06. The first-order valence-electron chi connectivity index (χ1n) is 6.07. The molecule has 1 aliphatic rings. The van der Waals surface area contributed by atoms with Crippen LogP contribution in [0.2, 0.25) is 5.04 Å². The van der Waals surface area contributed by atoms with Crippen molar-refractivity contribution in [2.24, 2.45) is 0 Å². The summed E-state index contributed by atoms with van der Waals surface area (Å²) < 4.78 is 0. The third-order valence-electron chi connectivity index (χ3n) is 3.19. The van der Waals surface area contributed by atoms with Gasteiger partial charge in [-0.25, -0.2) is 6.07 Å². The molecule has 0 atom stereocenters. The molecular formula is C17H30SiTi. The summed E-state index contributed by atoms with van der Waals surface area (Å²) in [5.41, 5.74) is 5.01. The van der Waals surface area contributed by atoms with Crippen molar-refractivity contribution in [1.82, 2.24) is 0 Å². The van der Waals surface area contributed by atoms with Gasteiger partial charge in [0.15, 0.2) is 0 Å². The van der Waals surface area contributed by atoms with Gasteiger partial charge in [-0.3, -0.25) is 0 Å². The van der Waals surface area contributed by atoms with E-state index in [-0.39, 0.29) is 44.0 Å². The van der Waals surface area contributed by atoms with E-state index >= 15 is 0 Å². The number of hydrogen-bond donors (Lipinski definition) is 0. The Kier molecular flexibility index (Phi) is 12.9. The second kappa shape index (κ2) is 10.1. The molecule has 1 aromatic rings. The summed E-state index contributed by atoms with van der Waals surface area (Å²) >= 11 is 0. The van der Waals surface area contributed by atoms with Crippen molar-refractivity contribution < 1.29 is 21.7 Å². The van der Waals surface area contributed by atoms with Gasteiger partial charge >= 0.3 is 21.7 Å². The van der Waals surface area contributed by atoms with Crippen LogP contribution in [0.4, 0.5) is 0 Å². The first kappa shape index (κ1) is 24.3. The van der Waals surface area contributed by atoms with Gasteiger partial charge in [0.2, 0.25) is 0 Å². The molecule has 0 bridgehead atoms. The zero-order valence-corrected chi connectivity index (χ0v) is 16.3. The van der Waals surface area contributed by atoms with Crippen molar-refractivity contribution in [1.29, 1.82) is 0 Å². The van der Waals surface area contributed by atoms with Gasteiger partial charge < -0.3 is 22.3 Å². The summed E-state index contributed by atoms with van der Waals surface area (Å²) in [5.74, 6) is 0. The summed E-state index contributed by atoms with van der Waals surface area (Å²) in [7, 11) is 1.06. The van der Waals surface area contributed by atoms with Crippen molar-refractivity contribution in [2.75, 3.05) is 0 Å². The Bertz CT molecular complexity index is 334. The van der Waals surface area contributed by atoms with Crippen LogP contribution in [-0.4, -0.2) is 9.52 Å². The average molecular weight is 310 g/mol. The quantitative estimate of drug-likeness (QED) is 0.529. The van der Waals surface area contributed by atoms with Gasteiger partial charge in [0.05, 0.1) is 0 Å². The molecule has 0 spiro atoms. The van der Waals surface area contributed by atoms with E-state index < -0.39 is 0 Å². The first-order valence-corrected chi connectivity index (χ1v) is 7.28. The molecule has 0 N–H and O–H groups in total. The molecule has 2 radical (unpaired) electrons. The maximum absolute atomic E-state index is 2.38. The fraction of sp³-hybridized carbons (Fsp3) is 0.529. The van der Waals surface area contributed by atoms with Gasteiger partial charge in [-0.2, -0.15) is 22.8 Å². The average Bonchev–Trinajstić information content (AvgIpc) is 2.57. The third kappa shape index (κ3) is 7.02. The number of hydrogen-bond acceptors (Lipinski definition) is 0. The molecule has 0 aliphatic heterocycles. The van der Waals surface area contributed by atoms with Crippen LogP contribution >= 0.6 is 0 Å². The fourth-order valence-corrected chi connectivity index (χ4v) is 3.36. The number of rotatable bonds is 2. The summed E-state index contributed by atoms with van der Waals surface area (Å²) in [5, 5.41) is 0.499. The zero-order chi connectivity index (χ0) is 10.9. The Hall–Kier alpha value is 0.281. The summed E-state index contributed by atoms with van der Waals surface area (Å²) in [6.07, 6.45) is 5.47. The van der Waals surface area contributed by atoms with Gasteiger partial charge in [-0.1, -0.05) is 52.5 Å². The van der Waals surface area contributed by atoms with Crippen molar-refractivity contribution in [3.63, 3.8) is 0 Å². The third-order valence-corrected chi connectivity index (χ3v) is 4.81. The topological polar surface area (TPSA) is 0 Å². The minimum atomic E-state index is 0. The van der Waals surface area contributed by atoms with E-state index in [1.54, 1.807) is 16.7 Å². The Morgan fingerprint density at radius 2 is 1.68 bits per heavy atom. The smallest absolute Gasteiger partial charge is 0.358 e. The van der Waals surface area contributed by atoms with E-state index in [0.29, 0.717) is 5.04 Å². The van der Waals surface area contributed by atoms with Crippen LogP contribution in [-0.2, 0) is 40.6 Å². The molecule has 0 unspecified atom stereocenters. The van der Waals surface area contributed by atoms with E-state index in [4.69, 9.17) is 0 Å². The van der Waals surface area contributed by atoms with E-state index in [0.717, 1.165) is 9.52 Å². The predicted octanol–water partition coefficient (Wildman–Crippen LogP) is 5.06. The Morgan fingerprint density at radius 3 is 2.26 bits per heavy atom. The molecule has 0 fully saturated rings. The minimum absolute atomic E-state index is 0. The maximum Gasteiger partial charge on any atom is 4.00 e. The number of aryl methyl sites for hydroxylation is 1. The second-order valence-corrected chi connectivity index (χ2v) is 7.88. The Labute approximate surface area is 139 Å². The van der Waals surface area contributed by atoms with Crippen molar-refractivity contribution in [3.8, 4) is 0 Å². The van der Waals surface area contributed by atoms with Gasteiger partial charge in [0.25, 0.3) is 0 Å². The van der Waals surface area contributed by atoms with Crippen molar-refractivity contribution >= 4 is 9.52 Å². The Balaban J connectivity index is -0.000000640. The standard InChI is InChI=1S/C14H21Si.3CH3.Ti/c1-14(2,3)15-10-12-9-8-11-6-4-5-7-13(11)12;;;;/h8-9H,4-7,10H2,1-3H3;3*1H3;/q4*-1;+4. The molecule has 106 valence electrons. The molecule has 0 saturated carbocycles. The molecular weight excluding hydrogens is 280 g/mol. The van der Waals surface area contributed by atoms with E-state index in [9.17, 15) is 0 Å². The maximum atomic E-state index is 2.38. The van der Waals surface area contributed by atoms with Gasteiger partial charge in [-0.15, -0.1) is 0 Å². The zero-order valence-electron chi connectivity index (χ0n) is 13.7. The van der Waals surface area contributed by atoms with Crippen LogP contribution in [0.1, 0.15) is 50.3 Å². The van der Waals surface area contributed by atoms with Crippen LogP contribution in [0.3, 0.4) is 0 Å².